The monoisotopic (exact) mass is 561 g/mol. The first-order valence-corrected chi connectivity index (χ1v) is 14.5. The van der Waals surface area contributed by atoms with Crippen LogP contribution in [0.2, 0.25) is 0 Å². The zero-order valence-corrected chi connectivity index (χ0v) is 24.8. The number of Topliss-reactive ketones (excluding diaryl/α,β-unsaturated/α-hetero) is 1. The van der Waals surface area contributed by atoms with Crippen LogP contribution in [-0.2, 0) is 19.1 Å². The molecule has 0 aliphatic carbocycles. The zero-order valence-electron chi connectivity index (χ0n) is 24.0. The number of nitriles is 1. The van der Waals surface area contributed by atoms with Crippen LogP contribution < -0.4 is 16.0 Å². The van der Waals surface area contributed by atoms with Gasteiger partial charge in [-0.3, -0.25) is 14.4 Å². The Bertz CT molecular complexity index is 977. The lowest BCUT2D eigenvalue weighted by atomic mass is 9.99. The van der Waals surface area contributed by atoms with Crippen molar-refractivity contribution in [1.29, 1.82) is 5.26 Å². The summed E-state index contributed by atoms with van der Waals surface area (Å²) in [6.45, 7) is 17.3. The number of ketones is 1. The van der Waals surface area contributed by atoms with Gasteiger partial charge in [-0.1, -0.05) is 27.0 Å². The minimum Gasteiger partial charge on any atom is -0.444 e. The first kappa shape index (κ1) is 33.8. The van der Waals surface area contributed by atoms with Gasteiger partial charge in [0.15, 0.2) is 0 Å². The average Bonchev–Trinajstić information content (AvgIpc) is 3.16. The third-order valence-electron chi connectivity index (χ3n) is 5.91. The molecule has 0 aromatic carbocycles. The van der Waals surface area contributed by atoms with E-state index in [1.807, 2.05) is 20.1 Å². The van der Waals surface area contributed by atoms with Gasteiger partial charge in [0.1, 0.15) is 23.8 Å². The Morgan fingerprint density at radius 2 is 1.77 bits per heavy atom. The van der Waals surface area contributed by atoms with E-state index in [1.54, 1.807) is 49.6 Å². The predicted octanol–water partition coefficient (Wildman–Crippen LogP) is 3.42. The molecule has 0 saturated heterocycles. The number of hydrogen-bond acceptors (Lipinski definition) is 8. The number of amides is 3. The second-order valence-corrected chi connectivity index (χ2v) is 11.7. The lowest BCUT2D eigenvalue weighted by molar-refractivity contribution is -0.128. The summed E-state index contributed by atoms with van der Waals surface area (Å²) in [7, 11) is 0. The maximum absolute atomic E-state index is 13.3. The average molecular weight is 562 g/mol. The van der Waals surface area contributed by atoms with Crippen molar-refractivity contribution in [3.8, 4) is 6.07 Å². The third-order valence-corrected chi connectivity index (χ3v) is 6.55. The van der Waals surface area contributed by atoms with Gasteiger partial charge in [-0.15, -0.1) is 0 Å². The summed E-state index contributed by atoms with van der Waals surface area (Å²) < 4.78 is 5.38. The molecule has 1 aliphatic rings. The Morgan fingerprint density at radius 3 is 2.28 bits per heavy atom. The van der Waals surface area contributed by atoms with Gasteiger partial charge in [0.05, 0.1) is 6.04 Å². The fourth-order valence-electron chi connectivity index (χ4n) is 3.82. The molecule has 1 rings (SSSR count). The van der Waals surface area contributed by atoms with Crippen LogP contribution in [0.3, 0.4) is 0 Å². The van der Waals surface area contributed by atoms with Gasteiger partial charge >= 0.3 is 6.09 Å². The highest BCUT2D eigenvalue weighted by atomic mass is 32.2. The molecule has 39 heavy (non-hydrogen) atoms. The van der Waals surface area contributed by atoms with Gasteiger partial charge in [-0.25, -0.2) is 4.79 Å². The van der Waals surface area contributed by atoms with Crippen LogP contribution in [0.4, 0.5) is 4.79 Å². The number of allylic oxidation sites excluding steroid dienone is 1. The molecule has 1 heterocycles. The van der Waals surface area contributed by atoms with Gasteiger partial charge in [0, 0.05) is 24.0 Å². The number of nitrogens with zero attached hydrogens (tertiary/aromatic N) is 2. The van der Waals surface area contributed by atoms with Crippen molar-refractivity contribution >= 4 is 35.5 Å². The van der Waals surface area contributed by atoms with Crippen LogP contribution in [0.1, 0.15) is 60.3 Å². The number of thioether (sulfide) groups is 1. The Morgan fingerprint density at radius 1 is 1.10 bits per heavy atom. The van der Waals surface area contributed by atoms with Gasteiger partial charge in [0.25, 0.3) is 11.7 Å². The van der Waals surface area contributed by atoms with E-state index in [0.29, 0.717) is 37.2 Å². The number of unbranched alkanes of at least 4 members (excludes halogenated alkanes) is 1. The fourth-order valence-corrected chi connectivity index (χ4v) is 4.30. The Hall–Kier alpha value is -3.26. The standard InChI is InChI=1S/C28H43N5O5S/c1-18(2)25(30-20(4)21(14-16-39-8)32-27(37)38-28(5,6)7)26(36)31-22(23(34)17-29)11-9-10-15-33-19(3)12-13-24(33)35/h12-13,18,21-22,25,30H,3-4,9-11,14-16H2,1-2,5-8H3,(H,31,36)(H,32,37). The number of nitrogens with one attached hydrogen (secondary N) is 3. The maximum Gasteiger partial charge on any atom is 0.408 e. The van der Waals surface area contributed by atoms with Crippen LogP contribution in [0, 0.1) is 17.2 Å². The van der Waals surface area contributed by atoms with Crippen molar-refractivity contribution in [3.63, 3.8) is 0 Å². The van der Waals surface area contributed by atoms with Crippen molar-refractivity contribution in [2.24, 2.45) is 5.92 Å². The van der Waals surface area contributed by atoms with Crippen molar-refractivity contribution in [3.05, 3.63) is 36.7 Å². The normalized spacial score (nSPS) is 15.4. The minimum absolute atomic E-state index is 0.138. The largest absolute Gasteiger partial charge is 0.444 e. The molecule has 11 heteroatoms. The molecule has 0 spiro atoms. The highest BCUT2D eigenvalue weighted by Crippen LogP contribution is 2.16. The topological polar surface area (TPSA) is 141 Å². The molecule has 3 unspecified atom stereocenters. The Balaban J connectivity index is 2.84. The summed E-state index contributed by atoms with van der Waals surface area (Å²) in [4.78, 5) is 51.4. The van der Waals surface area contributed by atoms with E-state index in [0.717, 1.165) is 5.75 Å². The smallest absolute Gasteiger partial charge is 0.408 e. The highest BCUT2D eigenvalue weighted by molar-refractivity contribution is 7.98. The first-order chi connectivity index (χ1) is 18.2. The summed E-state index contributed by atoms with van der Waals surface area (Å²) in [6, 6.07) is -0.626. The Kier molecular flexibility index (Phi) is 13.8. The van der Waals surface area contributed by atoms with Crippen LogP contribution in [0.5, 0.6) is 0 Å². The number of rotatable bonds is 16. The molecule has 0 bridgehead atoms. The summed E-state index contributed by atoms with van der Waals surface area (Å²) in [5.41, 5.74) is 0.387. The first-order valence-electron chi connectivity index (χ1n) is 13.1. The molecule has 0 saturated carbocycles. The van der Waals surface area contributed by atoms with Crippen LogP contribution in [0.25, 0.3) is 0 Å². The third kappa shape index (κ3) is 12.0. The second kappa shape index (κ2) is 16.0. The van der Waals surface area contributed by atoms with Crippen LogP contribution in [0.15, 0.2) is 36.7 Å². The predicted molar refractivity (Wildman–Crippen MR) is 153 cm³/mol. The number of carbonyl (C=O) groups is 4. The molecule has 10 nitrogen and oxygen atoms in total. The van der Waals surface area contributed by atoms with Crippen molar-refractivity contribution in [2.75, 3.05) is 18.6 Å². The fraction of sp³-hybridized carbons (Fsp3) is 0.607. The molecule has 0 fully saturated rings. The minimum atomic E-state index is -0.985. The van der Waals surface area contributed by atoms with Gasteiger partial charge in [-0.2, -0.15) is 17.0 Å². The van der Waals surface area contributed by atoms with Gasteiger partial charge in [-0.05, 0) is 70.5 Å². The molecule has 1 aliphatic heterocycles. The van der Waals surface area contributed by atoms with Crippen molar-refractivity contribution < 1.29 is 23.9 Å². The molecule has 3 N–H and O–H groups in total. The highest BCUT2D eigenvalue weighted by Gasteiger charge is 2.30. The molecule has 3 atom stereocenters. The summed E-state index contributed by atoms with van der Waals surface area (Å²) >= 11 is 1.61. The van der Waals surface area contributed by atoms with E-state index in [-0.39, 0.29) is 18.2 Å². The molecule has 216 valence electrons. The second-order valence-electron chi connectivity index (χ2n) is 10.7. The Labute approximate surface area is 236 Å². The van der Waals surface area contributed by atoms with E-state index in [1.165, 1.54) is 6.08 Å². The molecule has 3 amide bonds. The SMILES string of the molecule is C=C(NC(C(=O)NC(CCCCN1C(=C)C=CC1=O)C(=O)C#N)C(C)C)C(CCSC)NC(=O)OC(C)(C)C. The van der Waals surface area contributed by atoms with E-state index in [4.69, 9.17) is 4.74 Å². The molecule has 0 aromatic heterocycles. The lowest BCUT2D eigenvalue weighted by Gasteiger charge is -2.30. The summed E-state index contributed by atoms with van der Waals surface area (Å²) in [5, 5.41) is 17.9. The molecular weight excluding hydrogens is 518 g/mol. The van der Waals surface area contributed by atoms with E-state index >= 15 is 0 Å². The maximum atomic E-state index is 13.3. The van der Waals surface area contributed by atoms with Crippen molar-refractivity contribution in [2.45, 2.75) is 84.0 Å². The molecular formula is C28H43N5O5S. The summed E-state index contributed by atoms with van der Waals surface area (Å²) in [5.74, 6) is -0.779. The lowest BCUT2D eigenvalue weighted by Crippen LogP contribution is -2.54. The van der Waals surface area contributed by atoms with E-state index in [9.17, 15) is 24.4 Å². The number of carbonyl (C=O) groups excluding carboxylic acids is 4. The van der Waals surface area contributed by atoms with Gasteiger partial charge < -0.3 is 25.6 Å². The van der Waals surface area contributed by atoms with E-state index in [2.05, 4.69) is 29.1 Å². The zero-order chi connectivity index (χ0) is 29.8. The van der Waals surface area contributed by atoms with Crippen LogP contribution in [-0.4, -0.2) is 70.9 Å². The molecule has 0 aromatic rings. The van der Waals surface area contributed by atoms with Gasteiger partial charge in [0.2, 0.25) is 5.91 Å². The van der Waals surface area contributed by atoms with E-state index < -0.39 is 41.5 Å². The molecule has 0 radical (unpaired) electrons. The van der Waals surface area contributed by atoms with Crippen molar-refractivity contribution in [1.82, 2.24) is 20.9 Å². The quantitative estimate of drug-likeness (QED) is 0.192. The number of ether oxygens (including phenoxy) is 1. The summed E-state index contributed by atoms with van der Waals surface area (Å²) in [6.07, 6.45) is 6.37. The number of hydrogen-bond donors (Lipinski definition) is 3. The number of alkyl carbamates (subject to hydrolysis) is 1. The van der Waals surface area contributed by atoms with Crippen LogP contribution >= 0.6 is 11.8 Å².